The summed E-state index contributed by atoms with van der Waals surface area (Å²) in [4.78, 5) is 18.1. The van der Waals surface area contributed by atoms with Gasteiger partial charge in [0.25, 0.3) is 5.91 Å². The first kappa shape index (κ1) is 28.3. The number of hydrogen-bond donors (Lipinski definition) is 1. The highest BCUT2D eigenvalue weighted by Gasteiger charge is 2.21. The first-order chi connectivity index (χ1) is 18.4. The van der Waals surface area contributed by atoms with Crippen LogP contribution in [0.25, 0.3) is 11.4 Å². The van der Waals surface area contributed by atoms with Crippen molar-refractivity contribution >= 4 is 40.4 Å². The third-order valence-electron chi connectivity index (χ3n) is 6.61. The molecule has 0 aliphatic rings. The smallest absolute Gasteiger partial charge is 0.253 e. The topological polar surface area (TPSA) is 69.3 Å². The van der Waals surface area contributed by atoms with Crippen molar-refractivity contribution in [1.29, 1.82) is 0 Å². The van der Waals surface area contributed by atoms with Crippen LogP contribution in [0.4, 0.5) is 0 Å². The van der Waals surface area contributed by atoms with Crippen molar-refractivity contribution in [2.45, 2.75) is 59.6 Å². The summed E-state index contributed by atoms with van der Waals surface area (Å²) >= 11 is 13.7. The Hall–Kier alpha value is -2.74. The normalized spacial score (nSPS) is 12.0. The quantitative estimate of drug-likeness (QED) is 0.174. The van der Waals surface area contributed by atoms with Gasteiger partial charge in [0.2, 0.25) is 0 Å². The molecule has 38 heavy (non-hydrogen) atoms. The summed E-state index contributed by atoms with van der Waals surface area (Å²) < 4.78 is 13.6. The van der Waals surface area contributed by atoms with E-state index < -0.39 is 0 Å². The van der Waals surface area contributed by atoms with Crippen LogP contribution < -0.4 is 10.1 Å². The van der Waals surface area contributed by atoms with Crippen molar-refractivity contribution in [3.05, 3.63) is 80.1 Å². The number of aromatic nitrogens is 2. The molecule has 1 aromatic carbocycles. The van der Waals surface area contributed by atoms with Crippen LogP contribution in [0.3, 0.4) is 0 Å². The van der Waals surface area contributed by atoms with Gasteiger partial charge >= 0.3 is 0 Å². The molecule has 3 heterocycles. The molecule has 1 unspecified atom stereocenters. The SMILES string of the molecule is CCCCC(CC)CNC(=O)c1cc(-c2csc(COc3cc(Cl)cc(Cl)c3)n2)n(Cc2ccco2)c1C. The molecule has 1 N–H and O–H groups in total. The maximum atomic E-state index is 13.3. The maximum Gasteiger partial charge on any atom is 0.253 e. The van der Waals surface area contributed by atoms with Gasteiger partial charge in [-0.25, -0.2) is 4.98 Å². The molecule has 3 aromatic heterocycles. The van der Waals surface area contributed by atoms with E-state index in [-0.39, 0.29) is 12.5 Å². The Kier molecular flexibility index (Phi) is 9.94. The first-order valence-electron chi connectivity index (χ1n) is 12.9. The second kappa shape index (κ2) is 13.4. The highest BCUT2D eigenvalue weighted by atomic mass is 35.5. The second-order valence-corrected chi connectivity index (χ2v) is 11.2. The number of thiazole rings is 1. The fourth-order valence-corrected chi connectivity index (χ4v) is 5.58. The van der Waals surface area contributed by atoms with Gasteiger partial charge in [0.1, 0.15) is 23.1 Å². The number of nitrogens with one attached hydrogen (secondary N) is 1. The lowest BCUT2D eigenvalue weighted by Crippen LogP contribution is -2.29. The molecule has 6 nitrogen and oxygen atoms in total. The number of unbranched alkanes of at least 4 members (excludes halogenated alkanes) is 1. The van der Waals surface area contributed by atoms with E-state index in [2.05, 4.69) is 23.7 Å². The lowest BCUT2D eigenvalue weighted by Gasteiger charge is -2.15. The molecule has 202 valence electrons. The summed E-state index contributed by atoms with van der Waals surface area (Å²) in [6.07, 6.45) is 6.17. The van der Waals surface area contributed by atoms with Crippen LogP contribution in [0.15, 0.2) is 52.5 Å². The summed E-state index contributed by atoms with van der Waals surface area (Å²) in [7, 11) is 0. The molecule has 0 aliphatic heterocycles. The van der Waals surface area contributed by atoms with Crippen molar-refractivity contribution in [1.82, 2.24) is 14.9 Å². The average Bonchev–Trinajstić information content (AvgIpc) is 3.64. The van der Waals surface area contributed by atoms with Crippen molar-refractivity contribution in [3.63, 3.8) is 0 Å². The molecule has 4 rings (SSSR count). The van der Waals surface area contributed by atoms with Crippen LogP contribution in [0.1, 0.15) is 66.4 Å². The van der Waals surface area contributed by atoms with E-state index in [1.54, 1.807) is 24.5 Å². The Morgan fingerprint density at radius 2 is 2.00 bits per heavy atom. The summed E-state index contributed by atoms with van der Waals surface area (Å²) in [6, 6.07) is 10.8. The number of hydrogen-bond acceptors (Lipinski definition) is 5. The number of benzene rings is 1. The standard InChI is InChI=1S/C29H33Cl2N3O3S/c1-4-6-8-20(5-2)15-32-29(35)25-14-27(34(19(25)3)16-23-9-7-10-36-23)26-18-38-28(33-26)17-37-24-12-21(30)11-22(31)13-24/h7,9-14,18,20H,4-6,8,15-17H2,1-3H3,(H,32,35). The lowest BCUT2D eigenvalue weighted by atomic mass is 9.99. The maximum absolute atomic E-state index is 13.3. The predicted molar refractivity (Wildman–Crippen MR) is 155 cm³/mol. The van der Waals surface area contributed by atoms with Gasteiger partial charge in [-0.1, -0.05) is 56.3 Å². The van der Waals surface area contributed by atoms with Crippen LogP contribution in [0.2, 0.25) is 10.0 Å². The van der Waals surface area contributed by atoms with E-state index in [4.69, 9.17) is 37.3 Å². The number of halogens is 2. The molecular weight excluding hydrogens is 541 g/mol. The molecule has 0 bridgehead atoms. The molecule has 4 aromatic rings. The molecule has 0 saturated carbocycles. The number of nitrogens with zero attached hydrogens (tertiary/aromatic N) is 2. The fraction of sp³-hybridized carbons (Fsp3) is 0.379. The van der Waals surface area contributed by atoms with Crippen LogP contribution in [0, 0.1) is 12.8 Å². The molecular formula is C29H33Cl2N3O3S. The van der Waals surface area contributed by atoms with Crippen molar-refractivity contribution in [2.24, 2.45) is 5.92 Å². The van der Waals surface area contributed by atoms with Crippen LogP contribution in [0.5, 0.6) is 5.75 Å². The summed E-state index contributed by atoms with van der Waals surface area (Å²) in [6.45, 7) is 7.80. The zero-order valence-electron chi connectivity index (χ0n) is 21.9. The highest BCUT2D eigenvalue weighted by Crippen LogP contribution is 2.30. The molecule has 1 atom stereocenters. The minimum absolute atomic E-state index is 0.0616. The molecule has 1 amide bonds. The van der Waals surface area contributed by atoms with Crippen molar-refractivity contribution in [3.8, 4) is 17.1 Å². The average molecular weight is 575 g/mol. The Bertz CT molecular complexity index is 1330. The minimum Gasteiger partial charge on any atom is -0.486 e. The van der Waals surface area contributed by atoms with E-state index in [1.165, 1.54) is 17.8 Å². The Labute approximate surface area is 237 Å². The second-order valence-electron chi connectivity index (χ2n) is 9.34. The molecule has 0 radical (unpaired) electrons. The lowest BCUT2D eigenvalue weighted by molar-refractivity contribution is 0.0945. The van der Waals surface area contributed by atoms with E-state index in [0.29, 0.717) is 40.4 Å². The van der Waals surface area contributed by atoms with Crippen LogP contribution >= 0.6 is 34.5 Å². The van der Waals surface area contributed by atoms with E-state index in [1.807, 2.05) is 30.5 Å². The van der Waals surface area contributed by atoms with Gasteiger partial charge < -0.3 is 19.0 Å². The van der Waals surface area contributed by atoms with Crippen LogP contribution in [-0.2, 0) is 13.2 Å². The number of furan rings is 1. The van der Waals surface area contributed by atoms with Crippen molar-refractivity contribution in [2.75, 3.05) is 6.54 Å². The number of rotatable bonds is 13. The summed E-state index contributed by atoms with van der Waals surface area (Å²) in [5.41, 5.74) is 3.15. The Morgan fingerprint density at radius 3 is 2.68 bits per heavy atom. The first-order valence-corrected chi connectivity index (χ1v) is 14.6. The van der Waals surface area contributed by atoms with Gasteiger partial charge in [-0.15, -0.1) is 11.3 Å². The number of amides is 1. The van der Waals surface area contributed by atoms with Gasteiger partial charge in [0, 0.05) is 27.7 Å². The molecule has 0 fully saturated rings. The molecule has 0 aliphatic carbocycles. The number of ether oxygens (including phenoxy) is 1. The molecule has 0 saturated heterocycles. The van der Waals surface area contributed by atoms with E-state index >= 15 is 0 Å². The zero-order chi connectivity index (χ0) is 27.1. The van der Waals surface area contributed by atoms with Gasteiger partial charge in [-0.3, -0.25) is 4.79 Å². The largest absolute Gasteiger partial charge is 0.486 e. The molecule has 0 spiro atoms. The minimum atomic E-state index is -0.0616. The fourth-order valence-electron chi connectivity index (χ4n) is 4.38. The van der Waals surface area contributed by atoms with E-state index in [0.717, 1.165) is 47.1 Å². The van der Waals surface area contributed by atoms with Gasteiger partial charge in [-0.05, 0) is 55.7 Å². The Balaban J connectivity index is 1.55. The predicted octanol–water partition coefficient (Wildman–Crippen LogP) is 8.39. The van der Waals surface area contributed by atoms with Crippen molar-refractivity contribution < 1.29 is 13.9 Å². The third-order valence-corrected chi connectivity index (χ3v) is 7.87. The summed E-state index contributed by atoms with van der Waals surface area (Å²) in [5.74, 6) is 1.81. The van der Waals surface area contributed by atoms with E-state index in [9.17, 15) is 4.79 Å². The number of carbonyl (C=O) groups excluding carboxylic acids is 1. The highest BCUT2D eigenvalue weighted by molar-refractivity contribution is 7.09. The third kappa shape index (κ3) is 7.22. The Morgan fingerprint density at radius 1 is 1.21 bits per heavy atom. The van der Waals surface area contributed by atoms with Gasteiger partial charge in [-0.2, -0.15) is 0 Å². The molecule has 9 heteroatoms. The number of carbonyl (C=O) groups is 1. The monoisotopic (exact) mass is 573 g/mol. The zero-order valence-corrected chi connectivity index (χ0v) is 24.3. The van der Waals surface area contributed by atoms with Gasteiger partial charge in [0.05, 0.1) is 29.8 Å². The van der Waals surface area contributed by atoms with Crippen LogP contribution in [-0.4, -0.2) is 22.0 Å². The van der Waals surface area contributed by atoms with Gasteiger partial charge in [0.15, 0.2) is 0 Å². The summed E-state index contributed by atoms with van der Waals surface area (Å²) in [5, 5.41) is 6.98.